The molecule has 132 valence electrons. The predicted octanol–water partition coefficient (Wildman–Crippen LogP) is 1.88. The average Bonchev–Trinajstić information content (AvgIpc) is 2.57. The Balaban J connectivity index is 2.02. The molecule has 0 aliphatic heterocycles. The van der Waals surface area contributed by atoms with Gasteiger partial charge >= 0.3 is 0 Å². The molecule has 1 heterocycles. The van der Waals surface area contributed by atoms with Crippen LogP contribution in [-0.4, -0.2) is 33.0 Å². The first-order valence-corrected chi connectivity index (χ1v) is 8.90. The topological polar surface area (TPSA) is 98.0 Å². The molecule has 2 atom stereocenters. The summed E-state index contributed by atoms with van der Waals surface area (Å²) in [5, 5.41) is 10.6. The minimum atomic E-state index is -0.439. The lowest BCUT2D eigenvalue weighted by Gasteiger charge is -2.22. The Bertz CT molecular complexity index is 899. The van der Waals surface area contributed by atoms with Gasteiger partial charge in [-0.05, 0) is 44.1 Å². The van der Waals surface area contributed by atoms with Crippen LogP contribution in [0.25, 0.3) is 5.69 Å². The molecule has 0 radical (unpaired) electrons. The van der Waals surface area contributed by atoms with Crippen molar-refractivity contribution in [3.05, 3.63) is 50.5 Å². The van der Waals surface area contributed by atoms with Gasteiger partial charge in [0.05, 0.1) is 5.69 Å². The van der Waals surface area contributed by atoms with Crippen molar-refractivity contribution in [2.24, 2.45) is 4.99 Å². The number of rotatable bonds is 3. The maximum absolute atomic E-state index is 12.3. The van der Waals surface area contributed by atoms with Crippen LogP contribution < -0.4 is 11.3 Å². The molecular weight excluding hydrogens is 336 g/mol. The molecule has 5 N–H and O–H groups in total. The Morgan fingerprint density at radius 3 is 2.68 bits per heavy atom. The molecular formula is C18H23N4O2S+. The Kier molecular flexibility index (Phi) is 5.15. The van der Waals surface area contributed by atoms with Gasteiger partial charge in [-0.25, -0.2) is 0 Å². The second-order valence-electron chi connectivity index (χ2n) is 6.56. The fraction of sp³-hybridized carbons (Fsp3) is 0.389. The van der Waals surface area contributed by atoms with E-state index < -0.39 is 5.56 Å². The van der Waals surface area contributed by atoms with Gasteiger partial charge < -0.3 is 10.8 Å². The number of hydrogen-bond acceptors (Lipinski definition) is 4. The number of aliphatic imine (C=N–C) groups is 1. The molecule has 1 aromatic carbocycles. The number of H-pyrrole nitrogens is 1. The SMILES string of the molecule is Cc1ccc(-n2c(O)c(C=N[C@@H]3CCCC[C@H]3[NH3+])c(=O)[nH]c2=S)cc1. The third-order valence-corrected chi connectivity index (χ3v) is 4.96. The number of nitrogens with zero attached hydrogens (tertiary/aromatic N) is 2. The summed E-state index contributed by atoms with van der Waals surface area (Å²) < 4.78 is 1.59. The molecule has 1 aromatic heterocycles. The van der Waals surface area contributed by atoms with Crippen molar-refractivity contribution in [1.82, 2.24) is 9.55 Å². The second-order valence-corrected chi connectivity index (χ2v) is 6.94. The Labute approximate surface area is 151 Å². The molecule has 1 aliphatic rings. The van der Waals surface area contributed by atoms with E-state index in [2.05, 4.69) is 15.7 Å². The van der Waals surface area contributed by atoms with Crippen molar-refractivity contribution in [3.63, 3.8) is 0 Å². The lowest BCUT2D eigenvalue weighted by molar-refractivity contribution is -0.428. The minimum Gasteiger partial charge on any atom is -0.494 e. The van der Waals surface area contributed by atoms with Gasteiger partial charge in [0.15, 0.2) is 4.77 Å². The average molecular weight is 359 g/mol. The quantitative estimate of drug-likeness (QED) is 0.576. The van der Waals surface area contributed by atoms with Crippen LogP contribution in [0.5, 0.6) is 5.88 Å². The summed E-state index contributed by atoms with van der Waals surface area (Å²) in [6.45, 7) is 1.98. The van der Waals surface area contributed by atoms with Gasteiger partial charge in [0.1, 0.15) is 17.6 Å². The van der Waals surface area contributed by atoms with Crippen molar-refractivity contribution in [1.29, 1.82) is 0 Å². The third-order valence-electron chi connectivity index (χ3n) is 4.68. The fourth-order valence-corrected chi connectivity index (χ4v) is 3.43. The predicted molar refractivity (Wildman–Crippen MR) is 100 cm³/mol. The molecule has 1 aliphatic carbocycles. The first-order valence-electron chi connectivity index (χ1n) is 8.49. The number of aromatic hydroxyl groups is 1. The summed E-state index contributed by atoms with van der Waals surface area (Å²) in [4.78, 5) is 19.4. The van der Waals surface area contributed by atoms with Gasteiger partial charge in [0, 0.05) is 12.6 Å². The van der Waals surface area contributed by atoms with Gasteiger partial charge in [-0.15, -0.1) is 0 Å². The fourth-order valence-electron chi connectivity index (χ4n) is 3.14. The number of aromatic amines is 1. The van der Waals surface area contributed by atoms with Gasteiger partial charge in [-0.3, -0.25) is 19.3 Å². The zero-order valence-electron chi connectivity index (χ0n) is 14.2. The number of nitrogens with one attached hydrogen (secondary N) is 1. The van der Waals surface area contributed by atoms with Crippen LogP contribution >= 0.6 is 12.2 Å². The summed E-state index contributed by atoms with van der Waals surface area (Å²) in [5.41, 5.74) is 5.60. The van der Waals surface area contributed by atoms with Crippen molar-refractivity contribution in [2.75, 3.05) is 0 Å². The van der Waals surface area contributed by atoms with Crippen molar-refractivity contribution in [2.45, 2.75) is 44.7 Å². The lowest BCUT2D eigenvalue weighted by Crippen LogP contribution is -2.66. The molecule has 1 fully saturated rings. The smallest absolute Gasteiger partial charge is 0.264 e. The lowest BCUT2D eigenvalue weighted by atomic mass is 9.91. The third kappa shape index (κ3) is 3.72. The standard InChI is InChI=1S/C18H22N4O2S/c1-11-6-8-12(9-7-11)22-17(24)13(16(23)21-18(22)25)10-20-15-5-3-2-4-14(15)19/h6-10,14-15,24H,2-5,19H2,1H3,(H,21,23,25)/p+1/t14-,15-/m1/s1. The van der Waals surface area contributed by atoms with E-state index in [4.69, 9.17) is 12.2 Å². The van der Waals surface area contributed by atoms with Crippen LogP contribution in [0.1, 0.15) is 36.8 Å². The Hall–Kier alpha value is -2.25. The highest BCUT2D eigenvalue weighted by Gasteiger charge is 2.24. The van der Waals surface area contributed by atoms with Crippen molar-refractivity contribution >= 4 is 18.4 Å². The molecule has 3 rings (SSSR count). The van der Waals surface area contributed by atoms with E-state index in [1.54, 1.807) is 0 Å². The van der Waals surface area contributed by atoms with Crippen LogP contribution in [0.4, 0.5) is 0 Å². The zero-order valence-corrected chi connectivity index (χ0v) is 15.1. The summed E-state index contributed by atoms with van der Waals surface area (Å²) >= 11 is 5.22. The molecule has 25 heavy (non-hydrogen) atoms. The molecule has 2 aromatic rings. The van der Waals surface area contributed by atoms with Crippen LogP contribution in [0.3, 0.4) is 0 Å². The highest BCUT2D eigenvalue weighted by Crippen LogP contribution is 2.21. The molecule has 0 bridgehead atoms. The molecule has 0 unspecified atom stereocenters. The van der Waals surface area contributed by atoms with E-state index in [-0.39, 0.29) is 28.3 Å². The molecule has 0 spiro atoms. The molecule has 0 amide bonds. The highest BCUT2D eigenvalue weighted by molar-refractivity contribution is 7.71. The summed E-state index contributed by atoms with van der Waals surface area (Å²) in [7, 11) is 0. The zero-order chi connectivity index (χ0) is 18.0. The van der Waals surface area contributed by atoms with Crippen LogP contribution in [0, 0.1) is 11.7 Å². The number of aromatic nitrogens is 2. The van der Waals surface area contributed by atoms with Crippen LogP contribution in [0.2, 0.25) is 0 Å². The van der Waals surface area contributed by atoms with Gasteiger partial charge in [-0.1, -0.05) is 24.1 Å². The second kappa shape index (κ2) is 7.33. The number of quaternary nitrogens is 1. The maximum Gasteiger partial charge on any atom is 0.264 e. The van der Waals surface area contributed by atoms with Gasteiger partial charge in [-0.2, -0.15) is 0 Å². The summed E-state index contributed by atoms with van der Waals surface area (Å²) in [6, 6.07) is 7.86. The molecule has 6 nitrogen and oxygen atoms in total. The van der Waals surface area contributed by atoms with Crippen molar-refractivity contribution in [3.8, 4) is 11.6 Å². The maximum atomic E-state index is 12.3. The first kappa shape index (κ1) is 17.6. The number of benzene rings is 1. The summed E-state index contributed by atoms with van der Waals surface area (Å²) in [6.07, 6.45) is 5.75. The summed E-state index contributed by atoms with van der Waals surface area (Å²) in [5.74, 6) is -0.197. The molecule has 0 saturated heterocycles. The Morgan fingerprint density at radius 1 is 1.32 bits per heavy atom. The number of aryl methyl sites for hydroxylation is 1. The first-order chi connectivity index (χ1) is 12.0. The monoisotopic (exact) mass is 359 g/mol. The van der Waals surface area contributed by atoms with E-state index in [0.717, 1.165) is 24.8 Å². The normalized spacial score (nSPS) is 20.9. The van der Waals surface area contributed by atoms with E-state index in [1.165, 1.54) is 17.2 Å². The van der Waals surface area contributed by atoms with Crippen LogP contribution in [0.15, 0.2) is 34.1 Å². The van der Waals surface area contributed by atoms with E-state index in [9.17, 15) is 9.90 Å². The number of hydrogen-bond donors (Lipinski definition) is 3. The van der Waals surface area contributed by atoms with Crippen molar-refractivity contribution < 1.29 is 10.8 Å². The Morgan fingerprint density at radius 2 is 2.00 bits per heavy atom. The van der Waals surface area contributed by atoms with Crippen LogP contribution in [-0.2, 0) is 0 Å². The molecule has 7 heteroatoms. The largest absolute Gasteiger partial charge is 0.494 e. The van der Waals surface area contributed by atoms with Gasteiger partial charge in [0.2, 0.25) is 5.88 Å². The highest BCUT2D eigenvalue weighted by atomic mass is 32.1. The minimum absolute atomic E-state index is 0.0866. The van der Waals surface area contributed by atoms with E-state index in [1.807, 2.05) is 31.2 Å². The van der Waals surface area contributed by atoms with E-state index in [0.29, 0.717) is 5.69 Å². The van der Waals surface area contributed by atoms with Gasteiger partial charge in [0.25, 0.3) is 5.56 Å². The van der Waals surface area contributed by atoms with E-state index >= 15 is 0 Å². The molecule has 1 saturated carbocycles.